The standard InChI is InChI=1S/C19H24N4O3S/c1-3-23(16-10-12-27(25,26)14-16)18(24)17-9-11-20-19(21-17)22(2)13-15-7-5-4-6-8-15/h4-9,11,16H,3,10,12-14H2,1-2H3. The maximum Gasteiger partial charge on any atom is 0.272 e. The predicted octanol–water partition coefficient (Wildman–Crippen LogP) is 1.76. The molecule has 0 bridgehead atoms. The van der Waals surface area contributed by atoms with E-state index in [1.165, 1.54) is 0 Å². The number of nitrogens with zero attached hydrogens (tertiary/aromatic N) is 4. The van der Waals surface area contributed by atoms with Crippen LogP contribution < -0.4 is 4.90 Å². The van der Waals surface area contributed by atoms with Crippen LogP contribution in [0.4, 0.5) is 5.95 Å². The first kappa shape index (κ1) is 19.3. The summed E-state index contributed by atoms with van der Waals surface area (Å²) in [5.74, 6) is 0.366. The van der Waals surface area contributed by atoms with Gasteiger partial charge in [0, 0.05) is 32.4 Å². The first-order valence-corrected chi connectivity index (χ1v) is 10.8. The number of carbonyl (C=O) groups excluding carboxylic acids is 1. The minimum absolute atomic E-state index is 0.0262. The van der Waals surface area contributed by atoms with E-state index in [1.54, 1.807) is 17.2 Å². The number of aromatic nitrogens is 2. The molecule has 2 aromatic rings. The summed E-state index contributed by atoms with van der Waals surface area (Å²) in [6.07, 6.45) is 2.05. The van der Waals surface area contributed by atoms with E-state index in [9.17, 15) is 13.2 Å². The molecule has 8 heteroatoms. The van der Waals surface area contributed by atoms with E-state index in [0.29, 0.717) is 25.5 Å². The molecule has 0 spiro atoms. The Balaban J connectivity index is 1.76. The Morgan fingerprint density at radius 2 is 1.96 bits per heavy atom. The van der Waals surface area contributed by atoms with Gasteiger partial charge in [0.2, 0.25) is 5.95 Å². The van der Waals surface area contributed by atoms with Gasteiger partial charge in [0.15, 0.2) is 9.84 Å². The van der Waals surface area contributed by atoms with Crippen LogP contribution in [-0.4, -0.2) is 60.3 Å². The summed E-state index contributed by atoms with van der Waals surface area (Å²) < 4.78 is 23.5. The fourth-order valence-corrected chi connectivity index (χ4v) is 5.05. The van der Waals surface area contributed by atoms with Crippen molar-refractivity contribution in [3.05, 3.63) is 53.9 Å². The van der Waals surface area contributed by atoms with E-state index in [0.717, 1.165) is 5.56 Å². The third kappa shape index (κ3) is 4.63. The van der Waals surface area contributed by atoms with Crippen LogP contribution in [0.2, 0.25) is 0 Å². The summed E-state index contributed by atoms with van der Waals surface area (Å²) in [6.45, 7) is 2.92. The monoisotopic (exact) mass is 388 g/mol. The molecule has 1 aliphatic rings. The fraction of sp³-hybridized carbons (Fsp3) is 0.421. The molecular weight excluding hydrogens is 364 g/mol. The van der Waals surface area contributed by atoms with Gasteiger partial charge in [0.05, 0.1) is 11.5 Å². The number of amides is 1. The number of hydrogen-bond acceptors (Lipinski definition) is 6. The average Bonchev–Trinajstić information content (AvgIpc) is 3.02. The van der Waals surface area contributed by atoms with Crippen molar-refractivity contribution in [3.63, 3.8) is 0 Å². The maximum absolute atomic E-state index is 12.9. The van der Waals surface area contributed by atoms with E-state index >= 15 is 0 Å². The molecule has 144 valence electrons. The second-order valence-electron chi connectivity index (χ2n) is 6.73. The number of carbonyl (C=O) groups is 1. The molecule has 3 rings (SSSR count). The van der Waals surface area contributed by atoms with Gasteiger partial charge >= 0.3 is 0 Å². The van der Waals surface area contributed by atoms with Crippen molar-refractivity contribution in [2.45, 2.75) is 25.9 Å². The Bertz CT molecular complexity index is 902. The third-order valence-electron chi connectivity index (χ3n) is 4.72. The molecule has 7 nitrogen and oxygen atoms in total. The zero-order valence-electron chi connectivity index (χ0n) is 15.6. The molecule has 27 heavy (non-hydrogen) atoms. The van der Waals surface area contributed by atoms with Crippen LogP contribution in [0.15, 0.2) is 42.6 Å². The lowest BCUT2D eigenvalue weighted by atomic mass is 10.2. The van der Waals surface area contributed by atoms with E-state index < -0.39 is 9.84 Å². The number of anilines is 1. The quantitative estimate of drug-likeness (QED) is 0.750. The summed E-state index contributed by atoms with van der Waals surface area (Å²) in [5.41, 5.74) is 1.40. The highest BCUT2D eigenvalue weighted by molar-refractivity contribution is 7.91. The van der Waals surface area contributed by atoms with Gasteiger partial charge in [0.25, 0.3) is 5.91 Å². The van der Waals surface area contributed by atoms with Crippen LogP contribution in [0, 0.1) is 0 Å². The van der Waals surface area contributed by atoms with E-state index in [-0.39, 0.29) is 29.1 Å². The minimum Gasteiger partial charge on any atom is -0.340 e. The number of hydrogen-bond donors (Lipinski definition) is 0. The van der Waals surface area contributed by atoms with Crippen LogP contribution >= 0.6 is 0 Å². The topological polar surface area (TPSA) is 83.5 Å². The molecule has 1 saturated heterocycles. The number of sulfone groups is 1. The van der Waals surface area contributed by atoms with Crippen LogP contribution in [0.5, 0.6) is 0 Å². The molecule has 0 saturated carbocycles. The van der Waals surface area contributed by atoms with Gasteiger partial charge in [-0.1, -0.05) is 30.3 Å². The maximum atomic E-state index is 12.9. The van der Waals surface area contributed by atoms with Gasteiger partial charge in [-0.05, 0) is 25.0 Å². The normalized spacial score (nSPS) is 18.2. The molecule has 1 fully saturated rings. The Morgan fingerprint density at radius 1 is 1.22 bits per heavy atom. The molecule has 1 amide bonds. The Labute approximate surface area is 160 Å². The minimum atomic E-state index is -3.06. The van der Waals surface area contributed by atoms with E-state index in [2.05, 4.69) is 9.97 Å². The first-order valence-electron chi connectivity index (χ1n) is 8.99. The highest BCUT2D eigenvalue weighted by Crippen LogP contribution is 2.20. The van der Waals surface area contributed by atoms with Gasteiger partial charge in [-0.2, -0.15) is 0 Å². The first-order chi connectivity index (χ1) is 12.9. The third-order valence-corrected chi connectivity index (χ3v) is 6.47. The molecular formula is C19H24N4O3S. The largest absolute Gasteiger partial charge is 0.340 e. The number of rotatable bonds is 6. The average molecular weight is 388 g/mol. The highest BCUT2D eigenvalue weighted by Gasteiger charge is 2.34. The van der Waals surface area contributed by atoms with Gasteiger partial charge < -0.3 is 9.80 Å². The molecule has 1 aliphatic heterocycles. The van der Waals surface area contributed by atoms with Crippen LogP contribution in [0.3, 0.4) is 0 Å². The molecule has 1 aromatic carbocycles. The SMILES string of the molecule is CCN(C(=O)c1ccnc(N(C)Cc2ccccc2)n1)C1CCS(=O)(=O)C1. The van der Waals surface area contributed by atoms with Crippen LogP contribution in [-0.2, 0) is 16.4 Å². The Hall–Kier alpha value is -2.48. The molecule has 0 N–H and O–H groups in total. The molecule has 0 aliphatic carbocycles. The number of benzene rings is 1. The van der Waals surface area contributed by atoms with Crippen molar-refractivity contribution < 1.29 is 13.2 Å². The molecule has 0 radical (unpaired) electrons. The second-order valence-corrected chi connectivity index (χ2v) is 8.96. The summed E-state index contributed by atoms with van der Waals surface area (Å²) >= 11 is 0. The second kappa shape index (κ2) is 8.04. The molecule has 1 unspecified atom stereocenters. The van der Waals surface area contributed by atoms with Crippen LogP contribution in [0.1, 0.15) is 29.4 Å². The zero-order valence-corrected chi connectivity index (χ0v) is 16.4. The van der Waals surface area contributed by atoms with Gasteiger partial charge in [-0.15, -0.1) is 0 Å². The molecule has 2 heterocycles. The zero-order chi connectivity index (χ0) is 19.4. The van der Waals surface area contributed by atoms with Crippen molar-refractivity contribution in [1.82, 2.24) is 14.9 Å². The summed E-state index contributed by atoms with van der Waals surface area (Å²) in [5, 5.41) is 0. The van der Waals surface area contributed by atoms with Crippen molar-refractivity contribution in [3.8, 4) is 0 Å². The lowest BCUT2D eigenvalue weighted by Crippen LogP contribution is -2.41. The van der Waals surface area contributed by atoms with Gasteiger partial charge in [-0.25, -0.2) is 18.4 Å². The van der Waals surface area contributed by atoms with Gasteiger partial charge in [0.1, 0.15) is 5.69 Å². The van der Waals surface area contributed by atoms with Crippen molar-refractivity contribution in [2.24, 2.45) is 0 Å². The molecule has 1 aromatic heterocycles. The van der Waals surface area contributed by atoms with Crippen LogP contribution in [0.25, 0.3) is 0 Å². The lowest BCUT2D eigenvalue weighted by Gasteiger charge is -2.26. The highest BCUT2D eigenvalue weighted by atomic mass is 32.2. The van der Waals surface area contributed by atoms with Crippen molar-refractivity contribution in [2.75, 3.05) is 30.0 Å². The lowest BCUT2D eigenvalue weighted by molar-refractivity contribution is 0.0702. The van der Waals surface area contributed by atoms with Crippen molar-refractivity contribution >= 4 is 21.7 Å². The van der Waals surface area contributed by atoms with E-state index in [4.69, 9.17) is 0 Å². The molecule has 1 atom stereocenters. The summed E-state index contributed by atoms with van der Waals surface area (Å²) in [4.78, 5) is 25.1. The summed E-state index contributed by atoms with van der Waals surface area (Å²) in [7, 11) is -1.18. The Kier molecular flexibility index (Phi) is 5.74. The smallest absolute Gasteiger partial charge is 0.272 e. The fourth-order valence-electron chi connectivity index (χ4n) is 3.32. The predicted molar refractivity (Wildman–Crippen MR) is 104 cm³/mol. The summed E-state index contributed by atoms with van der Waals surface area (Å²) in [6, 6.07) is 11.2. The Morgan fingerprint density at radius 3 is 2.59 bits per heavy atom. The van der Waals surface area contributed by atoms with E-state index in [1.807, 2.05) is 49.2 Å². The van der Waals surface area contributed by atoms with Gasteiger partial charge in [-0.3, -0.25) is 4.79 Å². The van der Waals surface area contributed by atoms with Crippen molar-refractivity contribution in [1.29, 1.82) is 0 Å².